The first-order valence-electron chi connectivity index (χ1n) is 4.55. The minimum atomic E-state index is -0.343. The first-order valence-corrected chi connectivity index (χ1v) is 4.55. The molecule has 0 aliphatic carbocycles. The van der Waals surface area contributed by atoms with Crippen molar-refractivity contribution >= 4 is 5.69 Å². The summed E-state index contributed by atoms with van der Waals surface area (Å²) in [4.78, 5) is 7.73. The number of nitrogens with one attached hydrogen (secondary N) is 1. The molecule has 2 heterocycles. The standard InChI is InChI=1S/C10H11FN4/c1-15-7-13-5-10(15)6-14-9-2-8(11)3-12-4-9/h2-5,7,14H,6H2,1H3. The summed E-state index contributed by atoms with van der Waals surface area (Å²) >= 11 is 0. The number of aryl methyl sites for hydroxylation is 1. The molecule has 5 heteroatoms. The van der Waals surface area contributed by atoms with Gasteiger partial charge in [0, 0.05) is 19.3 Å². The quantitative estimate of drug-likeness (QED) is 0.828. The highest BCUT2D eigenvalue weighted by atomic mass is 19.1. The minimum Gasteiger partial charge on any atom is -0.378 e. The summed E-state index contributed by atoms with van der Waals surface area (Å²) < 4.78 is 14.7. The fourth-order valence-electron chi connectivity index (χ4n) is 1.26. The van der Waals surface area contributed by atoms with E-state index in [0.29, 0.717) is 12.2 Å². The highest BCUT2D eigenvalue weighted by Gasteiger charge is 1.99. The molecule has 0 atom stereocenters. The van der Waals surface area contributed by atoms with E-state index in [9.17, 15) is 4.39 Å². The first kappa shape index (κ1) is 9.64. The van der Waals surface area contributed by atoms with Crippen molar-refractivity contribution in [2.24, 2.45) is 7.05 Å². The van der Waals surface area contributed by atoms with Crippen LogP contribution in [0.25, 0.3) is 0 Å². The van der Waals surface area contributed by atoms with Gasteiger partial charge in [-0.1, -0.05) is 0 Å². The van der Waals surface area contributed by atoms with Crippen molar-refractivity contribution in [3.63, 3.8) is 0 Å². The van der Waals surface area contributed by atoms with Gasteiger partial charge in [0.2, 0.25) is 0 Å². The molecule has 0 aromatic carbocycles. The van der Waals surface area contributed by atoms with Crippen molar-refractivity contribution in [2.45, 2.75) is 6.54 Å². The maximum atomic E-state index is 12.8. The zero-order chi connectivity index (χ0) is 10.7. The Kier molecular flexibility index (Phi) is 2.62. The maximum Gasteiger partial charge on any atom is 0.143 e. The third-order valence-corrected chi connectivity index (χ3v) is 2.09. The third-order valence-electron chi connectivity index (χ3n) is 2.09. The molecule has 0 aliphatic rings. The number of aromatic nitrogens is 3. The number of hydrogen-bond donors (Lipinski definition) is 1. The van der Waals surface area contributed by atoms with Crippen LogP contribution < -0.4 is 5.32 Å². The van der Waals surface area contributed by atoms with Crippen LogP contribution in [-0.2, 0) is 13.6 Å². The summed E-state index contributed by atoms with van der Waals surface area (Å²) in [6.07, 6.45) is 6.25. The summed E-state index contributed by atoms with van der Waals surface area (Å²) in [6.45, 7) is 0.599. The average molecular weight is 206 g/mol. The van der Waals surface area contributed by atoms with Crippen LogP contribution in [0, 0.1) is 5.82 Å². The molecule has 1 N–H and O–H groups in total. The lowest BCUT2D eigenvalue weighted by Gasteiger charge is -2.05. The minimum absolute atomic E-state index is 0.343. The zero-order valence-electron chi connectivity index (χ0n) is 8.31. The van der Waals surface area contributed by atoms with Gasteiger partial charge in [0.05, 0.1) is 36.6 Å². The Morgan fingerprint density at radius 1 is 1.33 bits per heavy atom. The number of hydrogen-bond acceptors (Lipinski definition) is 3. The van der Waals surface area contributed by atoms with Crippen LogP contribution >= 0.6 is 0 Å². The lowest BCUT2D eigenvalue weighted by molar-refractivity contribution is 0.622. The van der Waals surface area contributed by atoms with Crippen molar-refractivity contribution in [3.05, 3.63) is 42.5 Å². The number of pyridine rings is 1. The molecule has 2 aromatic rings. The molecular weight excluding hydrogens is 195 g/mol. The summed E-state index contributed by atoms with van der Waals surface area (Å²) in [5.74, 6) is -0.343. The Balaban J connectivity index is 2.02. The molecule has 0 spiro atoms. The van der Waals surface area contributed by atoms with Gasteiger partial charge in [-0.05, 0) is 0 Å². The number of nitrogens with zero attached hydrogens (tertiary/aromatic N) is 3. The lowest BCUT2D eigenvalue weighted by atomic mass is 10.4. The van der Waals surface area contributed by atoms with E-state index in [2.05, 4.69) is 15.3 Å². The molecule has 0 saturated carbocycles. The van der Waals surface area contributed by atoms with E-state index in [-0.39, 0.29) is 5.82 Å². The average Bonchev–Trinajstić information content (AvgIpc) is 2.61. The monoisotopic (exact) mass is 206 g/mol. The second-order valence-electron chi connectivity index (χ2n) is 3.24. The van der Waals surface area contributed by atoms with Crippen LogP contribution in [-0.4, -0.2) is 14.5 Å². The van der Waals surface area contributed by atoms with E-state index >= 15 is 0 Å². The third kappa shape index (κ3) is 2.31. The Labute approximate surface area is 86.8 Å². The van der Waals surface area contributed by atoms with Gasteiger partial charge in [0.25, 0.3) is 0 Å². The number of rotatable bonds is 3. The summed E-state index contributed by atoms with van der Waals surface area (Å²) in [5.41, 5.74) is 1.69. The topological polar surface area (TPSA) is 42.7 Å². The van der Waals surface area contributed by atoms with E-state index in [1.54, 1.807) is 18.7 Å². The van der Waals surface area contributed by atoms with Crippen molar-refractivity contribution in [2.75, 3.05) is 5.32 Å². The maximum absolute atomic E-state index is 12.8. The normalized spacial score (nSPS) is 10.3. The number of halogens is 1. The second-order valence-corrected chi connectivity index (χ2v) is 3.24. The van der Waals surface area contributed by atoms with Crippen molar-refractivity contribution in [1.29, 1.82) is 0 Å². The highest BCUT2D eigenvalue weighted by Crippen LogP contribution is 2.08. The van der Waals surface area contributed by atoms with Gasteiger partial charge >= 0.3 is 0 Å². The van der Waals surface area contributed by atoms with Gasteiger partial charge in [-0.15, -0.1) is 0 Å². The van der Waals surface area contributed by atoms with Crippen molar-refractivity contribution in [1.82, 2.24) is 14.5 Å². The SMILES string of the molecule is Cn1cncc1CNc1cncc(F)c1. The van der Waals surface area contributed by atoms with Crippen molar-refractivity contribution < 1.29 is 4.39 Å². The summed E-state index contributed by atoms with van der Waals surface area (Å²) in [7, 11) is 1.91. The van der Waals surface area contributed by atoms with Gasteiger partial charge in [0.15, 0.2) is 0 Å². The Bertz CT molecular complexity index is 452. The first-order chi connectivity index (χ1) is 7.25. The highest BCUT2D eigenvalue weighted by molar-refractivity contribution is 5.40. The molecular formula is C10H11FN4. The molecule has 0 amide bonds. The smallest absolute Gasteiger partial charge is 0.143 e. The summed E-state index contributed by atoms with van der Waals surface area (Å²) in [5, 5.41) is 3.07. The molecule has 78 valence electrons. The van der Waals surface area contributed by atoms with E-state index in [1.165, 1.54) is 12.3 Å². The fourth-order valence-corrected chi connectivity index (χ4v) is 1.26. The van der Waals surface area contributed by atoms with Crippen LogP contribution in [0.15, 0.2) is 31.0 Å². The molecule has 15 heavy (non-hydrogen) atoms. The Hall–Kier alpha value is -1.91. The molecule has 0 radical (unpaired) electrons. The predicted molar refractivity (Wildman–Crippen MR) is 54.7 cm³/mol. The molecule has 0 bridgehead atoms. The second kappa shape index (κ2) is 4.08. The molecule has 0 fully saturated rings. The van der Waals surface area contributed by atoms with Gasteiger partial charge in [-0.2, -0.15) is 0 Å². The summed E-state index contributed by atoms with van der Waals surface area (Å²) in [6, 6.07) is 1.41. The van der Waals surface area contributed by atoms with Gasteiger partial charge < -0.3 is 9.88 Å². The molecule has 2 rings (SSSR count). The predicted octanol–water partition coefficient (Wildman–Crippen LogP) is 1.57. The molecule has 0 unspecified atom stereocenters. The van der Waals surface area contributed by atoms with Crippen LogP contribution in [0.5, 0.6) is 0 Å². The van der Waals surface area contributed by atoms with Crippen LogP contribution in [0.1, 0.15) is 5.69 Å². The van der Waals surface area contributed by atoms with E-state index in [1.807, 2.05) is 11.6 Å². The Morgan fingerprint density at radius 2 is 2.20 bits per heavy atom. The molecule has 4 nitrogen and oxygen atoms in total. The number of anilines is 1. The van der Waals surface area contributed by atoms with E-state index < -0.39 is 0 Å². The molecule has 0 saturated heterocycles. The Morgan fingerprint density at radius 3 is 2.87 bits per heavy atom. The van der Waals surface area contributed by atoms with Crippen molar-refractivity contribution in [3.8, 4) is 0 Å². The van der Waals surface area contributed by atoms with E-state index in [4.69, 9.17) is 0 Å². The molecule has 2 aromatic heterocycles. The zero-order valence-corrected chi connectivity index (χ0v) is 8.31. The van der Waals surface area contributed by atoms with Crippen LogP contribution in [0.2, 0.25) is 0 Å². The molecule has 0 aliphatic heterocycles. The van der Waals surface area contributed by atoms with Crippen LogP contribution in [0.4, 0.5) is 10.1 Å². The van der Waals surface area contributed by atoms with Gasteiger partial charge in [0.1, 0.15) is 5.82 Å². The van der Waals surface area contributed by atoms with Gasteiger partial charge in [-0.3, -0.25) is 4.98 Å². The fraction of sp³-hybridized carbons (Fsp3) is 0.200. The van der Waals surface area contributed by atoms with E-state index in [0.717, 1.165) is 5.69 Å². The van der Waals surface area contributed by atoms with Gasteiger partial charge in [-0.25, -0.2) is 9.37 Å². The lowest BCUT2D eigenvalue weighted by Crippen LogP contribution is -2.04. The number of imidazole rings is 1. The van der Waals surface area contributed by atoms with Crippen LogP contribution in [0.3, 0.4) is 0 Å². The largest absolute Gasteiger partial charge is 0.378 e.